The van der Waals surface area contributed by atoms with Gasteiger partial charge in [-0.3, -0.25) is 4.79 Å². The number of pyridine rings is 1. The number of hydrogen-bond donors (Lipinski definition) is 1. The summed E-state index contributed by atoms with van der Waals surface area (Å²) in [6, 6.07) is 13.1. The maximum atomic E-state index is 12.6. The Balaban J connectivity index is 1.71. The van der Waals surface area contributed by atoms with Crippen molar-refractivity contribution < 1.29 is 4.79 Å². The zero-order valence-corrected chi connectivity index (χ0v) is 14.7. The van der Waals surface area contributed by atoms with Crippen LogP contribution >= 0.6 is 23.4 Å². The first-order chi connectivity index (χ1) is 12.2. The molecule has 8 heteroatoms. The number of rotatable bonds is 6. The monoisotopic (exact) mass is 371 g/mol. The molecule has 0 aliphatic carbocycles. The first kappa shape index (κ1) is 17.3. The van der Waals surface area contributed by atoms with E-state index in [-0.39, 0.29) is 18.1 Å². The molecular formula is C17H14ClN5OS. The third-order valence-corrected chi connectivity index (χ3v) is 4.50. The second-order valence-electron chi connectivity index (χ2n) is 5.14. The van der Waals surface area contributed by atoms with Crippen LogP contribution in [-0.4, -0.2) is 33.2 Å². The van der Waals surface area contributed by atoms with E-state index in [0.717, 1.165) is 11.2 Å². The van der Waals surface area contributed by atoms with Gasteiger partial charge in [-0.1, -0.05) is 41.6 Å². The van der Waals surface area contributed by atoms with Gasteiger partial charge in [0.25, 0.3) is 0 Å². The first-order valence-electron chi connectivity index (χ1n) is 7.54. The molecule has 0 radical (unpaired) electrons. The summed E-state index contributed by atoms with van der Waals surface area (Å²) in [6.45, 7) is 0.358. The molecule has 3 aromatic rings. The van der Waals surface area contributed by atoms with Gasteiger partial charge in [0.2, 0.25) is 5.91 Å². The second kappa shape index (κ2) is 8.01. The summed E-state index contributed by atoms with van der Waals surface area (Å²) in [5.74, 6) is 0.117. The number of benzene rings is 1. The molecule has 0 fully saturated rings. The highest BCUT2D eigenvalue weighted by Gasteiger charge is 2.16. The third-order valence-electron chi connectivity index (χ3n) is 3.43. The number of carbonyl (C=O) groups is 1. The highest BCUT2D eigenvalue weighted by molar-refractivity contribution is 7.99. The van der Waals surface area contributed by atoms with E-state index in [9.17, 15) is 4.79 Å². The van der Waals surface area contributed by atoms with Crippen molar-refractivity contribution in [3.8, 4) is 6.07 Å². The molecule has 0 spiro atoms. The highest BCUT2D eigenvalue weighted by Crippen LogP contribution is 2.22. The van der Waals surface area contributed by atoms with Gasteiger partial charge in [-0.05, 0) is 18.2 Å². The van der Waals surface area contributed by atoms with Crippen LogP contribution in [0.2, 0.25) is 5.02 Å². The molecule has 3 rings (SSSR count). The minimum absolute atomic E-state index is 0.0853. The minimum atomic E-state index is -0.0853. The summed E-state index contributed by atoms with van der Waals surface area (Å²) in [7, 11) is 0. The molecule has 2 aromatic heterocycles. The van der Waals surface area contributed by atoms with Gasteiger partial charge in [0, 0.05) is 18.4 Å². The number of hydrogen-bond acceptors (Lipinski definition) is 5. The molecule has 126 valence electrons. The number of nitrogens with one attached hydrogen (secondary N) is 1. The van der Waals surface area contributed by atoms with Crippen molar-refractivity contribution in [2.75, 3.05) is 17.2 Å². The number of aromatic nitrogens is 3. The van der Waals surface area contributed by atoms with Crippen LogP contribution in [0.5, 0.6) is 0 Å². The van der Waals surface area contributed by atoms with Crippen LogP contribution in [0, 0.1) is 11.3 Å². The molecule has 1 N–H and O–H groups in total. The van der Waals surface area contributed by atoms with E-state index in [0.29, 0.717) is 22.4 Å². The van der Waals surface area contributed by atoms with Gasteiger partial charge in [-0.25, -0.2) is 9.97 Å². The lowest BCUT2D eigenvalue weighted by Gasteiger charge is -2.21. The third kappa shape index (κ3) is 4.29. The molecule has 0 aliphatic rings. The van der Waals surface area contributed by atoms with Gasteiger partial charge in [0.15, 0.2) is 10.8 Å². The number of halogens is 1. The van der Waals surface area contributed by atoms with Crippen LogP contribution in [0.4, 0.5) is 5.69 Å². The smallest absolute Gasteiger partial charge is 0.237 e. The number of carbonyl (C=O) groups excluding carboxylic acids is 1. The number of anilines is 1. The van der Waals surface area contributed by atoms with Gasteiger partial charge in [0.1, 0.15) is 0 Å². The van der Waals surface area contributed by atoms with Gasteiger partial charge in [0.05, 0.1) is 28.8 Å². The topological polar surface area (TPSA) is 85.7 Å². The van der Waals surface area contributed by atoms with Gasteiger partial charge in [-0.15, -0.1) is 0 Å². The van der Waals surface area contributed by atoms with E-state index in [1.807, 2.05) is 30.3 Å². The summed E-state index contributed by atoms with van der Waals surface area (Å²) in [5, 5.41) is 9.96. The van der Waals surface area contributed by atoms with E-state index in [4.69, 9.17) is 16.9 Å². The number of fused-ring (bicyclic) bond motifs is 1. The number of nitriles is 1. The number of H-pyrrole nitrogens is 1. The van der Waals surface area contributed by atoms with E-state index in [1.54, 1.807) is 11.0 Å². The van der Waals surface area contributed by atoms with E-state index >= 15 is 0 Å². The quantitative estimate of drug-likeness (QED) is 0.668. The van der Waals surface area contributed by atoms with Crippen molar-refractivity contribution in [3.63, 3.8) is 0 Å². The molecule has 0 atom stereocenters. The first-order valence-corrected chi connectivity index (χ1v) is 8.90. The van der Waals surface area contributed by atoms with E-state index in [1.165, 1.54) is 18.0 Å². The summed E-state index contributed by atoms with van der Waals surface area (Å²) in [5.41, 5.74) is 2.07. The molecule has 1 amide bonds. The van der Waals surface area contributed by atoms with Crippen LogP contribution in [0.3, 0.4) is 0 Å². The van der Waals surface area contributed by atoms with E-state index in [2.05, 4.69) is 21.0 Å². The predicted molar refractivity (Wildman–Crippen MR) is 98.6 cm³/mol. The van der Waals surface area contributed by atoms with Gasteiger partial charge in [-0.2, -0.15) is 5.26 Å². The van der Waals surface area contributed by atoms with Gasteiger partial charge >= 0.3 is 0 Å². The van der Waals surface area contributed by atoms with Crippen LogP contribution in [0.1, 0.15) is 6.42 Å². The lowest BCUT2D eigenvalue weighted by atomic mass is 10.2. The molecule has 0 unspecified atom stereocenters. The summed E-state index contributed by atoms with van der Waals surface area (Å²) in [4.78, 5) is 25.8. The number of nitrogens with zero attached hydrogens (tertiary/aromatic N) is 4. The summed E-state index contributed by atoms with van der Waals surface area (Å²) < 4.78 is 0. The van der Waals surface area contributed by atoms with Crippen LogP contribution in [-0.2, 0) is 4.79 Å². The average Bonchev–Trinajstić information content (AvgIpc) is 3.03. The normalized spacial score (nSPS) is 10.6. The molecular weight excluding hydrogens is 358 g/mol. The molecule has 25 heavy (non-hydrogen) atoms. The van der Waals surface area contributed by atoms with Crippen molar-refractivity contribution >= 4 is 46.1 Å². The fraction of sp³-hybridized carbons (Fsp3) is 0.176. The molecule has 0 bridgehead atoms. The minimum Gasteiger partial charge on any atom is -0.331 e. The van der Waals surface area contributed by atoms with E-state index < -0.39 is 0 Å². The Morgan fingerprint density at radius 2 is 2.16 bits per heavy atom. The van der Waals surface area contributed by atoms with Crippen LogP contribution < -0.4 is 4.90 Å². The van der Waals surface area contributed by atoms with Crippen LogP contribution in [0.15, 0.2) is 47.8 Å². The molecule has 0 saturated carbocycles. The number of aromatic amines is 1. The number of amides is 1. The fourth-order valence-electron chi connectivity index (χ4n) is 2.30. The molecule has 1 aromatic carbocycles. The Morgan fingerprint density at radius 1 is 1.36 bits per heavy atom. The molecule has 2 heterocycles. The SMILES string of the molecule is N#CCCN(C(=O)CSc1nc2ncc(Cl)cc2[nH]1)c1ccccc1. The van der Waals surface area contributed by atoms with Crippen molar-refractivity contribution in [1.29, 1.82) is 5.26 Å². The Morgan fingerprint density at radius 3 is 2.92 bits per heavy atom. The number of imidazole rings is 1. The van der Waals surface area contributed by atoms with Crippen molar-refractivity contribution in [3.05, 3.63) is 47.6 Å². The summed E-state index contributed by atoms with van der Waals surface area (Å²) >= 11 is 7.20. The standard InChI is InChI=1S/C17H14ClN5OS/c18-12-9-14-16(20-10-12)22-17(21-14)25-11-15(24)23(8-4-7-19)13-5-2-1-3-6-13/h1-3,5-6,9-10H,4,8,11H2,(H,20,21,22). The molecule has 0 aliphatic heterocycles. The lowest BCUT2D eigenvalue weighted by molar-refractivity contribution is -0.116. The second-order valence-corrected chi connectivity index (χ2v) is 6.54. The Bertz CT molecular complexity index is 922. The number of thioether (sulfide) groups is 1. The average molecular weight is 372 g/mol. The highest BCUT2D eigenvalue weighted by atomic mass is 35.5. The summed E-state index contributed by atoms with van der Waals surface area (Å²) in [6.07, 6.45) is 1.81. The Kier molecular flexibility index (Phi) is 5.53. The van der Waals surface area contributed by atoms with Crippen molar-refractivity contribution in [1.82, 2.24) is 15.0 Å². The zero-order chi connectivity index (χ0) is 17.6. The Hall–Kier alpha value is -2.56. The fourth-order valence-corrected chi connectivity index (χ4v) is 3.20. The zero-order valence-electron chi connectivity index (χ0n) is 13.1. The molecule has 0 saturated heterocycles. The largest absolute Gasteiger partial charge is 0.331 e. The lowest BCUT2D eigenvalue weighted by Crippen LogP contribution is -2.33. The predicted octanol–water partition coefficient (Wildman–Crippen LogP) is 3.65. The van der Waals surface area contributed by atoms with Crippen molar-refractivity contribution in [2.45, 2.75) is 11.6 Å². The number of para-hydroxylation sites is 1. The maximum Gasteiger partial charge on any atom is 0.237 e. The molecule has 6 nitrogen and oxygen atoms in total. The van der Waals surface area contributed by atoms with Crippen molar-refractivity contribution in [2.24, 2.45) is 0 Å². The van der Waals surface area contributed by atoms with Gasteiger partial charge < -0.3 is 9.88 Å². The maximum absolute atomic E-state index is 12.6. The van der Waals surface area contributed by atoms with Crippen LogP contribution in [0.25, 0.3) is 11.2 Å². The Labute approximate surface area is 153 Å².